The van der Waals surface area contributed by atoms with Gasteiger partial charge in [-0.05, 0) is 66.9 Å². The number of nitrogens with zero attached hydrogens (tertiary/aromatic N) is 1. The van der Waals surface area contributed by atoms with Crippen LogP contribution in [0.3, 0.4) is 0 Å². The molecule has 3 aromatic rings. The van der Waals surface area contributed by atoms with Gasteiger partial charge in [0.15, 0.2) is 0 Å². The van der Waals surface area contributed by atoms with Crippen LogP contribution in [-0.2, 0) is 15.3 Å². The van der Waals surface area contributed by atoms with Gasteiger partial charge in [-0.25, -0.2) is 4.90 Å². The highest BCUT2D eigenvalue weighted by Crippen LogP contribution is 2.40. The van der Waals surface area contributed by atoms with E-state index in [-0.39, 0.29) is 11.8 Å². The number of carbonyl (C=O) groups excluding carboxylic acids is 2. The number of carbonyl (C=O) groups is 2. The SMILES string of the molecule is COc1ccc(C2=C(SCc3ccco3)C(=O)N(c3cc(C)cc(C)c3)C2=O)cc1. The molecule has 0 spiro atoms. The average molecular weight is 420 g/mol. The molecule has 0 saturated heterocycles. The van der Waals surface area contributed by atoms with Crippen molar-refractivity contribution in [2.75, 3.05) is 12.0 Å². The highest BCUT2D eigenvalue weighted by atomic mass is 32.2. The van der Waals surface area contributed by atoms with E-state index in [1.54, 1.807) is 43.7 Å². The Morgan fingerprint density at radius 3 is 2.27 bits per heavy atom. The van der Waals surface area contributed by atoms with Crippen LogP contribution in [0.5, 0.6) is 5.75 Å². The van der Waals surface area contributed by atoms with Crippen LogP contribution in [0.4, 0.5) is 5.69 Å². The number of thioether (sulfide) groups is 1. The average Bonchev–Trinajstić information content (AvgIpc) is 3.32. The Kier molecular flexibility index (Phi) is 5.50. The first-order chi connectivity index (χ1) is 14.5. The summed E-state index contributed by atoms with van der Waals surface area (Å²) in [7, 11) is 1.59. The molecule has 6 heteroatoms. The monoisotopic (exact) mass is 419 g/mol. The lowest BCUT2D eigenvalue weighted by atomic mass is 10.1. The van der Waals surface area contributed by atoms with Gasteiger partial charge in [0, 0.05) is 0 Å². The first-order valence-corrected chi connectivity index (χ1v) is 10.5. The Morgan fingerprint density at radius 2 is 1.67 bits per heavy atom. The van der Waals surface area contributed by atoms with Crippen LogP contribution in [0.1, 0.15) is 22.5 Å². The fourth-order valence-corrected chi connectivity index (χ4v) is 4.52. The first-order valence-electron chi connectivity index (χ1n) is 9.49. The van der Waals surface area contributed by atoms with Gasteiger partial charge in [-0.3, -0.25) is 9.59 Å². The third-order valence-corrected chi connectivity index (χ3v) is 5.92. The van der Waals surface area contributed by atoms with E-state index in [0.29, 0.717) is 33.2 Å². The predicted octanol–water partition coefficient (Wildman–Crippen LogP) is 5.12. The summed E-state index contributed by atoms with van der Waals surface area (Å²) in [5, 5.41) is 0. The molecule has 1 aromatic heterocycles. The number of furan rings is 1. The fraction of sp³-hybridized carbons (Fsp3) is 0.167. The molecule has 0 aliphatic carbocycles. The number of hydrogen-bond acceptors (Lipinski definition) is 5. The fourth-order valence-electron chi connectivity index (χ4n) is 3.51. The van der Waals surface area contributed by atoms with Crippen molar-refractivity contribution in [2.24, 2.45) is 0 Å². The van der Waals surface area contributed by atoms with Crippen molar-refractivity contribution in [2.45, 2.75) is 19.6 Å². The van der Waals surface area contributed by atoms with Crippen LogP contribution in [-0.4, -0.2) is 18.9 Å². The van der Waals surface area contributed by atoms with Gasteiger partial charge in [0.05, 0.1) is 35.3 Å². The summed E-state index contributed by atoms with van der Waals surface area (Å²) in [5.74, 6) is 1.25. The normalized spacial score (nSPS) is 14.0. The molecule has 4 rings (SSSR count). The number of imide groups is 1. The van der Waals surface area contributed by atoms with Crippen molar-refractivity contribution < 1.29 is 18.7 Å². The Balaban J connectivity index is 1.76. The minimum absolute atomic E-state index is 0.313. The summed E-state index contributed by atoms with van der Waals surface area (Å²) in [6, 6.07) is 16.6. The number of aryl methyl sites for hydroxylation is 2. The maximum atomic E-state index is 13.4. The van der Waals surface area contributed by atoms with E-state index in [2.05, 4.69) is 0 Å². The van der Waals surface area contributed by atoms with Gasteiger partial charge < -0.3 is 9.15 Å². The van der Waals surface area contributed by atoms with Gasteiger partial charge in [-0.15, -0.1) is 11.8 Å². The van der Waals surface area contributed by atoms with E-state index >= 15 is 0 Å². The van der Waals surface area contributed by atoms with Gasteiger partial charge in [0.2, 0.25) is 0 Å². The second kappa shape index (κ2) is 8.24. The van der Waals surface area contributed by atoms with Crippen molar-refractivity contribution in [1.82, 2.24) is 0 Å². The topological polar surface area (TPSA) is 59.8 Å². The van der Waals surface area contributed by atoms with Gasteiger partial charge in [-0.2, -0.15) is 0 Å². The zero-order valence-electron chi connectivity index (χ0n) is 17.0. The Labute approximate surface area is 179 Å². The molecule has 2 heterocycles. The minimum atomic E-state index is -0.322. The molecule has 152 valence electrons. The van der Waals surface area contributed by atoms with Crippen molar-refractivity contribution >= 4 is 34.8 Å². The number of amides is 2. The van der Waals surface area contributed by atoms with E-state index < -0.39 is 0 Å². The smallest absolute Gasteiger partial charge is 0.272 e. The van der Waals surface area contributed by atoms with Crippen LogP contribution in [0, 0.1) is 13.8 Å². The lowest BCUT2D eigenvalue weighted by Gasteiger charge is -2.16. The van der Waals surface area contributed by atoms with Crippen molar-refractivity contribution in [3.05, 3.63) is 88.2 Å². The van der Waals surface area contributed by atoms with E-state index in [9.17, 15) is 9.59 Å². The molecule has 1 aliphatic rings. The molecule has 0 atom stereocenters. The maximum Gasteiger partial charge on any atom is 0.272 e. The number of hydrogen-bond donors (Lipinski definition) is 0. The van der Waals surface area contributed by atoms with Gasteiger partial charge in [0.1, 0.15) is 11.5 Å². The molecule has 0 saturated carbocycles. The Bertz CT molecular complexity index is 1110. The summed E-state index contributed by atoms with van der Waals surface area (Å²) < 4.78 is 10.6. The second-order valence-corrected chi connectivity index (χ2v) is 8.08. The molecule has 0 fully saturated rings. The molecule has 0 radical (unpaired) electrons. The van der Waals surface area contributed by atoms with E-state index in [1.165, 1.54) is 16.7 Å². The lowest BCUT2D eigenvalue weighted by Crippen LogP contribution is -2.31. The van der Waals surface area contributed by atoms with Gasteiger partial charge >= 0.3 is 0 Å². The van der Waals surface area contributed by atoms with Crippen LogP contribution in [0.25, 0.3) is 5.57 Å². The summed E-state index contributed by atoms with van der Waals surface area (Å²) in [6.07, 6.45) is 1.60. The summed E-state index contributed by atoms with van der Waals surface area (Å²) in [6.45, 7) is 3.90. The van der Waals surface area contributed by atoms with Crippen LogP contribution in [0.2, 0.25) is 0 Å². The predicted molar refractivity (Wildman–Crippen MR) is 118 cm³/mol. The zero-order valence-corrected chi connectivity index (χ0v) is 17.8. The number of ether oxygens (including phenoxy) is 1. The van der Waals surface area contributed by atoms with Crippen LogP contribution in [0.15, 0.2) is 70.2 Å². The third-order valence-electron chi connectivity index (χ3n) is 4.82. The lowest BCUT2D eigenvalue weighted by molar-refractivity contribution is -0.119. The zero-order chi connectivity index (χ0) is 21.3. The molecule has 0 unspecified atom stereocenters. The van der Waals surface area contributed by atoms with Crippen LogP contribution < -0.4 is 9.64 Å². The Hall–Kier alpha value is -3.25. The largest absolute Gasteiger partial charge is 0.497 e. The highest BCUT2D eigenvalue weighted by Gasteiger charge is 2.40. The van der Waals surface area contributed by atoms with E-state index in [1.807, 2.05) is 38.1 Å². The molecular weight excluding hydrogens is 398 g/mol. The minimum Gasteiger partial charge on any atom is -0.497 e. The standard InChI is InChI=1S/C24H21NO4S/c1-15-11-16(2)13-18(12-15)25-23(26)21(17-6-8-19(28-3)9-7-17)22(24(25)27)30-14-20-5-4-10-29-20/h4-13H,14H2,1-3H3. The maximum absolute atomic E-state index is 13.4. The van der Waals surface area contributed by atoms with E-state index in [4.69, 9.17) is 9.15 Å². The number of rotatable bonds is 6. The van der Waals surface area contributed by atoms with E-state index in [0.717, 1.165) is 16.9 Å². The van der Waals surface area contributed by atoms with Crippen molar-refractivity contribution in [3.8, 4) is 5.75 Å². The molecule has 2 aromatic carbocycles. The first kappa shape index (κ1) is 20.0. The van der Waals surface area contributed by atoms with Gasteiger partial charge in [-0.1, -0.05) is 18.2 Å². The van der Waals surface area contributed by atoms with Crippen molar-refractivity contribution in [3.63, 3.8) is 0 Å². The highest BCUT2D eigenvalue weighted by molar-refractivity contribution is 8.03. The molecular formula is C24H21NO4S. The number of benzene rings is 2. The quantitative estimate of drug-likeness (QED) is 0.519. The molecule has 0 N–H and O–H groups in total. The molecule has 5 nitrogen and oxygen atoms in total. The number of anilines is 1. The summed E-state index contributed by atoms with van der Waals surface area (Å²) in [4.78, 5) is 28.5. The summed E-state index contributed by atoms with van der Waals surface area (Å²) in [5.41, 5.74) is 3.66. The summed E-state index contributed by atoms with van der Waals surface area (Å²) >= 11 is 1.32. The molecule has 0 bridgehead atoms. The molecule has 1 aliphatic heterocycles. The molecule has 2 amide bonds. The van der Waals surface area contributed by atoms with Crippen LogP contribution >= 0.6 is 11.8 Å². The van der Waals surface area contributed by atoms with Gasteiger partial charge in [0.25, 0.3) is 11.8 Å². The molecule has 30 heavy (non-hydrogen) atoms. The number of methoxy groups -OCH3 is 1. The van der Waals surface area contributed by atoms with Crippen molar-refractivity contribution in [1.29, 1.82) is 0 Å². The third kappa shape index (κ3) is 3.78. The second-order valence-electron chi connectivity index (χ2n) is 7.09. The Morgan fingerprint density at radius 1 is 0.967 bits per heavy atom.